The van der Waals surface area contributed by atoms with Crippen molar-refractivity contribution >= 4 is 28.5 Å². The fourth-order valence-electron chi connectivity index (χ4n) is 2.28. The van der Waals surface area contributed by atoms with Gasteiger partial charge in [-0.25, -0.2) is 0 Å². The zero-order chi connectivity index (χ0) is 16.8. The van der Waals surface area contributed by atoms with Crippen LogP contribution in [0.4, 0.5) is 0 Å². The number of nitrogens with one attached hydrogen (secondary N) is 2. The highest BCUT2D eigenvalue weighted by Crippen LogP contribution is 2.09. The van der Waals surface area contributed by atoms with Gasteiger partial charge in [-0.3, -0.25) is 18.6 Å². The van der Waals surface area contributed by atoms with Crippen LogP contribution in [-0.2, 0) is 25.2 Å². The summed E-state index contributed by atoms with van der Waals surface area (Å²) in [5, 5.41) is 5.05. The Morgan fingerprint density at radius 3 is 2.61 bits per heavy atom. The normalized spacial score (nSPS) is 19.7. The summed E-state index contributed by atoms with van der Waals surface area (Å²) in [7, 11) is -1.27. The molecule has 124 valence electrons. The first-order valence-electron chi connectivity index (χ1n) is 7.30. The van der Waals surface area contributed by atoms with Crippen LogP contribution in [-0.4, -0.2) is 39.8 Å². The van der Waals surface area contributed by atoms with Gasteiger partial charge in [-0.1, -0.05) is 18.2 Å². The summed E-state index contributed by atoms with van der Waals surface area (Å²) in [6.07, 6.45) is 0.854. The van der Waals surface area contributed by atoms with Gasteiger partial charge in [-0.2, -0.15) is 0 Å². The molecule has 1 heterocycles. The summed E-state index contributed by atoms with van der Waals surface area (Å²) in [6.45, 7) is 0. The molecule has 0 saturated carbocycles. The first kappa shape index (κ1) is 17.1. The third kappa shape index (κ3) is 4.88. The molecule has 3 amide bonds. The lowest BCUT2D eigenvalue weighted by Gasteiger charge is -2.18. The smallest absolute Gasteiger partial charge is 0.243 e. The van der Waals surface area contributed by atoms with Crippen LogP contribution in [0.3, 0.4) is 0 Å². The standard InChI is InChI=1S/C15H19N3O4S/c16-14(20)11(18-15(21)12-6-7-13(19)17-12)8-9-23(22)10-4-2-1-3-5-10/h1-5,11-12H,6-9H2,(H2,16,20)(H,17,19)(H,18,21)/t11-,12-,23+/m0/s1. The van der Waals surface area contributed by atoms with Crippen molar-refractivity contribution in [3.8, 4) is 0 Å². The Morgan fingerprint density at radius 2 is 2.04 bits per heavy atom. The molecule has 0 aliphatic carbocycles. The summed E-state index contributed by atoms with van der Waals surface area (Å²) >= 11 is 0. The quantitative estimate of drug-likeness (QED) is 0.617. The second kappa shape index (κ2) is 7.87. The molecule has 3 atom stereocenters. The van der Waals surface area contributed by atoms with Crippen molar-refractivity contribution in [3.05, 3.63) is 30.3 Å². The van der Waals surface area contributed by atoms with E-state index in [0.717, 1.165) is 0 Å². The minimum Gasteiger partial charge on any atom is -0.368 e. The Kier molecular flexibility index (Phi) is 5.86. The van der Waals surface area contributed by atoms with E-state index in [0.29, 0.717) is 11.3 Å². The van der Waals surface area contributed by atoms with E-state index in [1.54, 1.807) is 24.3 Å². The van der Waals surface area contributed by atoms with Crippen molar-refractivity contribution < 1.29 is 18.6 Å². The Morgan fingerprint density at radius 1 is 1.35 bits per heavy atom. The van der Waals surface area contributed by atoms with Crippen LogP contribution >= 0.6 is 0 Å². The molecule has 0 spiro atoms. The number of carbonyl (C=O) groups is 3. The van der Waals surface area contributed by atoms with Crippen LogP contribution in [0.15, 0.2) is 35.2 Å². The van der Waals surface area contributed by atoms with Crippen LogP contribution in [0.2, 0.25) is 0 Å². The van der Waals surface area contributed by atoms with Gasteiger partial charge < -0.3 is 16.4 Å². The number of hydrogen-bond donors (Lipinski definition) is 3. The van der Waals surface area contributed by atoms with Gasteiger partial charge >= 0.3 is 0 Å². The number of amides is 3. The average Bonchev–Trinajstić information content (AvgIpc) is 2.98. The van der Waals surface area contributed by atoms with Crippen molar-refractivity contribution in [2.45, 2.75) is 36.2 Å². The van der Waals surface area contributed by atoms with Gasteiger partial charge in [0.2, 0.25) is 17.7 Å². The molecule has 2 rings (SSSR count). The van der Waals surface area contributed by atoms with Gasteiger partial charge in [0.05, 0.1) is 10.8 Å². The van der Waals surface area contributed by atoms with Crippen LogP contribution in [0.25, 0.3) is 0 Å². The highest BCUT2D eigenvalue weighted by atomic mass is 32.2. The molecule has 1 fully saturated rings. The minimum atomic E-state index is -1.27. The zero-order valence-corrected chi connectivity index (χ0v) is 13.3. The molecule has 1 aliphatic rings. The Labute approximate surface area is 136 Å². The lowest BCUT2D eigenvalue weighted by atomic mass is 10.1. The topological polar surface area (TPSA) is 118 Å². The molecular formula is C15H19N3O4S. The number of benzene rings is 1. The fourth-order valence-corrected chi connectivity index (χ4v) is 3.43. The molecule has 1 aliphatic heterocycles. The van der Waals surface area contributed by atoms with Gasteiger partial charge in [-0.15, -0.1) is 0 Å². The Bertz CT molecular complexity index is 620. The van der Waals surface area contributed by atoms with E-state index in [-0.39, 0.29) is 24.5 Å². The van der Waals surface area contributed by atoms with Gasteiger partial charge in [0.1, 0.15) is 12.1 Å². The predicted octanol–water partition coefficient (Wildman–Crippen LogP) is -0.567. The van der Waals surface area contributed by atoms with Crippen molar-refractivity contribution in [3.63, 3.8) is 0 Å². The fraction of sp³-hybridized carbons (Fsp3) is 0.400. The predicted molar refractivity (Wildman–Crippen MR) is 84.6 cm³/mol. The van der Waals surface area contributed by atoms with Gasteiger partial charge in [0.15, 0.2) is 0 Å². The maximum absolute atomic E-state index is 12.1. The van der Waals surface area contributed by atoms with Crippen molar-refractivity contribution in [2.75, 3.05) is 5.75 Å². The van der Waals surface area contributed by atoms with Crippen molar-refractivity contribution in [1.29, 1.82) is 0 Å². The van der Waals surface area contributed by atoms with Crippen LogP contribution in [0, 0.1) is 0 Å². The van der Waals surface area contributed by atoms with Gasteiger partial charge in [0.25, 0.3) is 0 Å². The Hall–Kier alpha value is -2.22. The molecular weight excluding hydrogens is 318 g/mol. The second-order valence-corrected chi connectivity index (χ2v) is 6.84. The average molecular weight is 337 g/mol. The van der Waals surface area contributed by atoms with E-state index in [1.807, 2.05) is 6.07 Å². The Balaban J connectivity index is 1.89. The molecule has 8 heteroatoms. The molecule has 23 heavy (non-hydrogen) atoms. The van der Waals surface area contributed by atoms with Crippen molar-refractivity contribution in [1.82, 2.24) is 10.6 Å². The third-order valence-electron chi connectivity index (χ3n) is 3.57. The largest absolute Gasteiger partial charge is 0.368 e. The summed E-state index contributed by atoms with van der Waals surface area (Å²) < 4.78 is 12.1. The highest BCUT2D eigenvalue weighted by molar-refractivity contribution is 7.85. The number of nitrogens with two attached hydrogens (primary N) is 1. The van der Waals surface area contributed by atoms with Crippen LogP contribution in [0.5, 0.6) is 0 Å². The summed E-state index contributed by atoms with van der Waals surface area (Å²) in [4.78, 5) is 35.3. The molecule has 0 radical (unpaired) electrons. The molecule has 1 aromatic carbocycles. The molecule has 0 aromatic heterocycles. The van der Waals surface area contributed by atoms with E-state index in [9.17, 15) is 18.6 Å². The maximum Gasteiger partial charge on any atom is 0.243 e. The van der Waals surface area contributed by atoms with E-state index >= 15 is 0 Å². The molecule has 1 aromatic rings. The van der Waals surface area contributed by atoms with E-state index in [1.165, 1.54) is 0 Å². The zero-order valence-electron chi connectivity index (χ0n) is 12.5. The monoisotopic (exact) mass is 337 g/mol. The molecule has 0 unspecified atom stereocenters. The third-order valence-corrected chi connectivity index (χ3v) is 4.97. The van der Waals surface area contributed by atoms with Crippen LogP contribution < -0.4 is 16.4 Å². The van der Waals surface area contributed by atoms with E-state index in [4.69, 9.17) is 5.73 Å². The lowest BCUT2D eigenvalue weighted by molar-refractivity contribution is -0.129. The number of hydrogen-bond acceptors (Lipinski definition) is 4. The molecule has 4 N–H and O–H groups in total. The first-order valence-corrected chi connectivity index (χ1v) is 8.61. The molecule has 1 saturated heterocycles. The summed E-state index contributed by atoms with van der Waals surface area (Å²) in [5.74, 6) is -1.11. The molecule has 7 nitrogen and oxygen atoms in total. The summed E-state index contributed by atoms with van der Waals surface area (Å²) in [6, 6.07) is 7.32. The maximum atomic E-state index is 12.1. The lowest BCUT2D eigenvalue weighted by Crippen LogP contribution is -2.51. The SMILES string of the molecule is NC(=O)[C@H](CC[S@@](=O)c1ccccc1)NC(=O)[C@@H]1CCC(=O)N1. The minimum absolute atomic E-state index is 0.170. The number of rotatable bonds is 7. The number of primary amides is 1. The molecule has 0 bridgehead atoms. The second-order valence-electron chi connectivity index (χ2n) is 5.27. The first-order chi connectivity index (χ1) is 11.0. The number of carbonyl (C=O) groups excluding carboxylic acids is 3. The van der Waals surface area contributed by atoms with Gasteiger partial charge in [-0.05, 0) is 25.0 Å². The van der Waals surface area contributed by atoms with Crippen molar-refractivity contribution in [2.24, 2.45) is 5.73 Å². The van der Waals surface area contributed by atoms with Crippen LogP contribution in [0.1, 0.15) is 19.3 Å². The summed E-state index contributed by atoms with van der Waals surface area (Å²) in [5.41, 5.74) is 5.30. The van der Waals surface area contributed by atoms with Gasteiger partial charge in [0, 0.05) is 17.1 Å². The highest BCUT2D eigenvalue weighted by Gasteiger charge is 2.29. The van der Waals surface area contributed by atoms with E-state index < -0.39 is 34.7 Å². The van der Waals surface area contributed by atoms with E-state index in [2.05, 4.69) is 10.6 Å².